The first-order valence-corrected chi connectivity index (χ1v) is 8.74. The molecule has 0 fully saturated rings. The van der Waals surface area contributed by atoms with Crippen molar-refractivity contribution in [3.63, 3.8) is 0 Å². The Balaban J connectivity index is 1.94. The van der Waals surface area contributed by atoms with Gasteiger partial charge in [-0.15, -0.1) is 0 Å². The fraction of sp³-hybridized carbons (Fsp3) is 0.130. The Morgan fingerprint density at radius 3 is 2.38 bits per heavy atom. The Kier molecular flexibility index (Phi) is 5.57. The highest BCUT2D eigenvalue weighted by Gasteiger charge is 2.30. The van der Waals surface area contributed by atoms with E-state index in [1.54, 1.807) is 18.2 Å². The zero-order valence-corrected chi connectivity index (χ0v) is 15.7. The van der Waals surface area contributed by atoms with Crippen LogP contribution in [-0.4, -0.2) is 25.2 Å². The molecule has 2 aromatic rings. The monoisotopic (exact) mass is 384 g/mol. The number of fused-ring (bicyclic) bond motifs is 3. The Morgan fingerprint density at radius 1 is 1.07 bits per heavy atom. The van der Waals surface area contributed by atoms with Gasteiger partial charge in [-0.05, 0) is 29.7 Å². The lowest BCUT2D eigenvalue weighted by molar-refractivity contribution is -0.140. The van der Waals surface area contributed by atoms with E-state index in [-0.39, 0.29) is 24.5 Å². The van der Waals surface area contributed by atoms with Crippen LogP contribution in [-0.2, 0) is 14.3 Å². The van der Waals surface area contributed by atoms with Crippen molar-refractivity contribution in [2.45, 2.75) is 6.92 Å². The molecule has 2 aromatic carbocycles. The van der Waals surface area contributed by atoms with Crippen molar-refractivity contribution in [1.29, 1.82) is 5.26 Å². The van der Waals surface area contributed by atoms with E-state index < -0.39 is 11.9 Å². The number of carbonyl (C=O) groups excluding carboxylic acids is 2. The number of hydrogen-bond donors (Lipinski definition) is 0. The van der Waals surface area contributed by atoms with Gasteiger partial charge in [-0.2, -0.15) is 0 Å². The average molecular weight is 384 g/mol. The number of ether oxygens (including phenoxy) is 2. The summed E-state index contributed by atoms with van der Waals surface area (Å²) < 4.78 is 10.2. The lowest BCUT2D eigenvalue weighted by Gasteiger charge is -2.10. The molecule has 1 aliphatic carbocycles. The minimum Gasteiger partial charge on any atom is -0.459 e. The number of esters is 2. The molecule has 0 saturated heterocycles. The second-order valence-electron chi connectivity index (χ2n) is 6.27. The van der Waals surface area contributed by atoms with Gasteiger partial charge in [-0.25, -0.2) is 19.7 Å². The quantitative estimate of drug-likeness (QED) is 0.217. The van der Waals surface area contributed by atoms with Crippen LogP contribution in [0.3, 0.4) is 0 Å². The molecular formula is C23H16N2O4. The average Bonchev–Trinajstić information content (AvgIpc) is 3.06. The maximum atomic E-state index is 12.7. The lowest BCUT2D eigenvalue weighted by Crippen LogP contribution is -2.14. The molecule has 0 atom stereocenters. The van der Waals surface area contributed by atoms with Crippen LogP contribution in [0.15, 0.2) is 60.3 Å². The molecule has 0 spiro atoms. The fourth-order valence-electron chi connectivity index (χ4n) is 3.15. The van der Waals surface area contributed by atoms with Crippen molar-refractivity contribution in [2.75, 3.05) is 13.2 Å². The Labute approximate surface area is 168 Å². The number of benzene rings is 2. The molecule has 1 aliphatic rings. The van der Waals surface area contributed by atoms with Crippen molar-refractivity contribution in [2.24, 2.45) is 0 Å². The molecule has 6 nitrogen and oxygen atoms in total. The lowest BCUT2D eigenvalue weighted by atomic mass is 9.99. The van der Waals surface area contributed by atoms with Gasteiger partial charge in [0.05, 0.1) is 18.2 Å². The van der Waals surface area contributed by atoms with E-state index >= 15 is 0 Å². The van der Waals surface area contributed by atoms with Crippen LogP contribution < -0.4 is 0 Å². The smallest absolute Gasteiger partial charge is 0.338 e. The van der Waals surface area contributed by atoms with Gasteiger partial charge in [0.25, 0.3) is 5.70 Å². The minimum atomic E-state index is -0.578. The van der Waals surface area contributed by atoms with E-state index in [0.717, 1.165) is 11.1 Å². The fourth-order valence-corrected chi connectivity index (χ4v) is 3.15. The van der Waals surface area contributed by atoms with Gasteiger partial charge in [0.2, 0.25) is 0 Å². The van der Waals surface area contributed by atoms with Crippen LogP contribution in [0.2, 0.25) is 0 Å². The first kappa shape index (κ1) is 19.6. The Bertz CT molecular complexity index is 1130. The topological polar surface area (TPSA) is 80.8 Å². The third-order valence-corrected chi connectivity index (χ3v) is 4.37. The van der Waals surface area contributed by atoms with E-state index in [1.807, 2.05) is 30.3 Å². The van der Waals surface area contributed by atoms with Gasteiger partial charge in [-0.3, -0.25) is 0 Å². The van der Waals surface area contributed by atoms with Gasteiger partial charge < -0.3 is 9.47 Å². The SMILES string of the molecule is [C-]#[N+]C(C#N)=C1c2ccccc2-c2c(C(=O)OCCOC(=O)C(=C)C)cccc21. The molecule has 142 valence electrons. The van der Waals surface area contributed by atoms with Crippen molar-refractivity contribution in [3.05, 3.63) is 88.4 Å². The third-order valence-electron chi connectivity index (χ3n) is 4.37. The Hall–Kier alpha value is -4.16. The Morgan fingerprint density at radius 2 is 1.72 bits per heavy atom. The van der Waals surface area contributed by atoms with Gasteiger partial charge >= 0.3 is 11.9 Å². The number of rotatable bonds is 5. The molecule has 0 heterocycles. The number of allylic oxidation sites excluding steroid dienone is 1. The summed E-state index contributed by atoms with van der Waals surface area (Å²) in [7, 11) is 0. The van der Waals surface area contributed by atoms with E-state index in [4.69, 9.17) is 16.0 Å². The second kappa shape index (κ2) is 8.24. The van der Waals surface area contributed by atoms with Crippen molar-refractivity contribution in [1.82, 2.24) is 0 Å². The molecule has 0 amide bonds. The van der Waals surface area contributed by atoms with E-state index in [1.165, 1.54) is 6.92 Å². The first-order valence-electron chi connectivity index (χ1n) is 8.74. The number of hydrogen-bond acceptors (Lipinski definition) is 5. The molecule has 6 heteroatoms. The highest BCUT2D eigenvalue weighted by molar-refractivity contribution is 6.10. The summed E-state index contributed by atoms with van der Waals surface area (Å²) in [6.45, 7) is 12.2. The predicted octanol–water partition coefficient (Wildman–Crippen LogP) is 4.15. The molecule has 0 radical (unpaired) electrons. The number of nitrogens with zero attached hydrogens (tertiary/aromatic N) is 2. The van der Waals surface area contributed by atoms with Crippen LogP contribution in [0.5, 0.6) is 0 Å². The van der Waals surface area contributed by atoms with E-state index in [2.05, 4.69) is 11.4 Å². The minimum absolute atomic E-state index is 0.0339. The molecular weight excluding hydrogens is 368 g/mol. The molecule has 0 saturated carbocycles. The van der Waals surface area contributed by atoms with E-state index in [0.29, 0.717) is 22.3 Å². The van der Waals surface area contributed by atoms with Crippen molar-refractivity contribution < 1.29 is 19.1 Å². The molecule has 29 heavy (non-hydrogen) atoms. The highest BCUT2D eigenvalue weighted by Crippen LogP contribution is 2.47. The normalized spacial score (nSPS) is 12.7. The molecule has 3 rings (SSSR count). The molecule has 0 aliphatic heterocycles. The maximum Gasteiger partial charge on any atom is 0.338 e. The standard InChI is InChI=1S/C23H16N2O4/c1-14(2)22(26)28-11-12-29-23(27)18-10-6-9-17-20(18)15-7-4-5-8-16(15)21(17)19(13-24)25-3/h4-10H,1,11-12H2,2H3. The summed E-state index contributed by atoms with van der Waals surface area (Å²) in [5.74, 6) is -1.13. The number of nitriles is 1. The second-order valence-corrected chi connectivity index (χ2v) is 6.27. The van der Waals surface area contributed by atoms with Crippen LogP contribution in [0.25, 0.3) is 21.5 Å². The predicted molar refractivity (Wildman–Crippen MR) is 106 cm³/mol. The summed E-state index contributed by atoms with van der Waals surface area (Å²) in [4.78, 5) is 27.4. The summed E-state index contributed by atoms with van der Waals surface area (Å²) in [5.41, 5.74) is 3.81. The zero-order valence-electron chi connectivity index (χ0n) is 15.7. The van der Waals surface area contributed by atoms with Crippen LogP contribution in [0.1, 0.15) is 28.4 Å². The van der Waals surface area contributed by atoms with Gasteiger partial charge in [0, 0.05) is 16.7 Å². The van der Waals surface area contributed by atoms with Gasteiger partial charge in [0.1, 0.15) is 13.2 Å². The van der Waals surface area contributed by atoms with Crippen molar-refractivity contribution in [3.8, 4) is 17.2 Å². The highest BCUT2D eigenvalue weighted by atomic mass is 16.6. The van der Waals surface area contributed by atoms with Crippen LogP contribution in [0.4, 0.5) is 0 Å². The molecule has 0 N–H and O–H groups in total. The number of carbonyl (C=O) groups is 2. The third kappa shape index (κ3) is 3.65. The zero-order chi connectivity index (χ0) is 21.0. The summed E-state index contributed by atoms with van der Waals surface area (Å²) in [5, 5.41) is 9.38. The molecule has 0 unspecified atom stereocenters. The van der Waals surface area contributed by atoms with Crippen LogP contribution >= 0.6 is 0 Å². The van der Waals surface area contributed by atoms with Crippen LogP contribution in [0, 0.1) is 17.9 Å². The van der Waals surface area contributed by atoms with Crippen molar-refractivity contribution >= 4 is 17.5 Å². The summed E-state index contributed by atoms with van der Waals surface area (Å²) in [6.07, 6.45) is 0. The summed E-state index contributed by atoms with van der Waals surface area (Å²) >= 11 is 0. The van der Waals surface area contributed by atoms with Gasteiger partial charge in [-0.1, -0.05) is 43.0 Å². The molecule has 0 aromatic heterocycles. The maximum absolute atomic E-state index is 12.7. The van der Waals surface area contributed by atoms with E-state index in [9.17, 15) is 14.9 Å². The largest absolute Gasteiger partial charge is 0.459 e. The summed E-state index contributed by atoms with van der Waals surface area (Å²) in [6, 6.07) is 14.3. The van der Waals surface area contributed by atoms with Gasteiger partial charge in [0.15, 0.2) is 0 Å². The molecule has 0 bridgehead atoms. The first-order chi connectivity index (χ1) is 14.0.